The van der Waals surface area contributed by atoms with Gasteiger partial charge < -0.3 is 5.11 Å². The molecule has 2 aromatic carbocycles. The molecule has 30 heavy (non-hydrogen) atoms. The van der Waals surface area contributed by atoms with E-state index in [1.165, 1.54) is 15.3 Å². The van der Waals surface area contributed by atoms with Crippen LogP contribution in [0.5, 0.6) is 5.88 Å². The first-order chi connectivity index (χ1) is 14.3. The van der Waals surface area contributed by atoms with E-state index in [9.17, 15) is 19.5 Å². The van der Waals surface area contributed by atoms with Crippen LogP contribution in [0.25, 0.3) is 16.7 Å². The van der Waals surface area contributed by atoms with E-state index in [2.05, 4.69) is 9.98 Å². The van der Waals surface area contributed by atoms with Crippen LogP contribution in [0.15, 0.2) is 61.8 Å². The smallest absolute Gasteiger partial charge is 0.335 e. The predicted octanol–water partition coefficient (Wildman–Crippen LogP) is 1.48. The van der Waals surface area contributed by atoms with Crippen molar-refractivity contribution in [2.75, 3.05) is 0 Å². The number of aromatic amines is 1. The number of nitrogens with zero attached hydrogens (tertiary/aromatic N) is 4. The number of imidazole rings is 1. The lowest BCUT2D eigenvalue weighted by atomic mass is 10.2. The van der Waals surface area contributed by atoms with Gasteiger partial charge in [0, 0.05) is 20.3 Å². The minimum absolute atomic E-state index is 0.153. The SMILES string of the molecule is Cc1ccccc1-n1c(O)c(C=Nc2ccc3c(c2)n(C)c(=O)n3C)c(=O)[nH]c1=O. The van der Waals surface area contributed by atoms with Gasteiger partial charge in [0.25, 0.3) is 5.56 Å². The predicted molar refractivity (Wildman–Crippen MR) is 114 cm³/mol. The molecule has 2 heterocycles. The van der Waals surface area contributed by atoms with Crippen molar-refractivity contribution in [1.29, 1.82) is 0 Å². The molecule has 2 aromatic heterocycles. The topological polar surface area (TPSA) is 114 Å². The van der Waals surface area contributed by atoms with Crippen LogP contribution in [-0.2, 0) is 14.1 Å². The Morgan fingerprint density at radius 1 is 1.00 bits per heavy atom. The van der Waals surface area contributed by atoms with E-state index in [1.54, 1.807) is 57.4 Å². The Kier molecular flexibility index (Phi) is 4.50. The molecule has 2 N–H and O–H groups in total. The Labute approximate surface area is 169 Å². The van der Waals surface area contributed by atoms with Gasteiger partial charge >= 0.3 is 11.4 Å². The Morgan fingerprint density at radius 3 is 2.43 bits per heavy atom. The monoisotopic (exact) mass is 405 g/mol. The molecule has 0 atom stereocenters. The zero-order valence-electron chi connectivity index (χ0n) is 16.6. The van der Waals surface area contributed by atoms with Gasteiger partial charge in [-0.1, -0.05) is 18.2 Å². The lowest BCUT2D eigenvalue weighted by Gasteiger charge is -2.11. The summed E-state index contributed by atoms with van der Waals surface area (Å²) in [5.74, 6) is -0.505. The summed E-state index contributed by atoms with van der Waals surface area (Å²) in [4.78, 5) is 43.2. The highest BCUT2D eigenvalue weighted by molar-refractivity contribution is 5.86. The number of rotatable bonds is 3. The van der Waals surface area contributed by atoms with Crippen LogP contribution >= 0.6 is 0 Å². The molecule has 0 aliphatic rings. The van der Waals surface area contributed by atoms with Crippen LogP contribution in [0.4, 0.5) is 5.69 Å². The fourth-order valence-electron chi connectivity index (χ4n) is 3.41. The molecule has 0 radical (unpaired) electrons. The summed E-state index contributed by atoms with van der Waals surface area (Å²) in [6.45, 7) is 1.79. The largest absolute Gasteiger partial charge is 0.493 e. The third-order valence-corrected chi connectivity index (χ3v) is 5.08. The molecule has 0 aliphatic carbocycles. The van der Waals surface area contributed by atoms with E-state index in [-0.39, 0.29) is 11.3 Å². The van der Waals surface area contributed by atoms with Gasteiger partial charge in [-0.2, -0.15) is 0 Å². The number of H-pyrrole nitrogens is 1. The van der Waals surface area contributed by atoms with Crippen molar-refractivity contribution in [3.63, 3.8) is 0 Å². The van der Waals surface area contributed by atoms with Gasteiger partial charge in [-0.05, 0) is 36.8 Å². The maximum absolute atomic E-state index is 12.3. The van der Waals surface area contributed by atoms with E-state index in [0.29, 0.717) is 16.9 Å². The number of hydrogen-bond acceptors (Lipinski definition) is 5. The van der Waals surface area contributed by atoms with Crippen LogP contribution in [0, 0.1) is 6.92 Å². The van der Waals surface area contributed by atoms with E-state index in [1.807, 2.05) is 6.07 Å². The number of fused-ring (bicyclic) bond motifs is 1. The Bertz CT molecular complexity index is 1500. The van der Waals surface area contributed by atoms with E-state index in [4.69, 9.17) is 0 Å². The maximum atomic E-state index is 12.3. The van der Waals surface area contributed by atoms with Gasteiger partial charge in [-0.15, -0.1) is 0 Å². The summed E-state index contributed by atoms with van der Waals surface area (Å²) >= 11 is 0. The second-order valence-corrected chi connectivity index (χ2v) is 6.95. The van der Waals surface area contributed by atoms with Crippen molar-refractivity contribution < 1.29 is 5.11 Å². The summed E-state index contributed by atoms with van der Waals surface area (Å²) < 4.78 is 4.05. The summed E-state index contributed by atoms with van der Waals surface area (Å²) in [5, 5.41) is 10.7. The third kappa shape index (κ3) is 2.96. The van der Waals surface area contributed by atoms with E-state index >= 15 is 0 Å². The van der Waals surface area contributed by atoms with Gasteiger partial charge in [0.1, 0.15) is 5.56 Å². The fourth-order valence-corrected chi connectivity index (χ4v) is 3.41. The van der Waals surface area contributed by atoms with Crippen molar-refractivity contribution in [3.05, 3.63) is 84.9 Å². The highest BCUT2D eigenvalue weighted by Crippen LogP contribution is 2.21. The summed E-state index contributed by atoms with van der Waals surface area (Å²) in [5.41, 5.74) is 1.30. The summed E-state index contributed by atoms with van der Waals surface area (Å²) in [6.07, 6.45) is 1.20. The molecule has 0 spiro atoms. The first kappa shape index (κ1) is 19.2. The van der Waals surface area contributed by atoms with Crippen molar-refractivity contribution in [3.8, 4) is 11.6 Å². The number of aromatic hydroxyl groups is 1. The Morgan fingerprint density at radius 2 is 1.70 bits per heavy atom. The number of nitrogens with one attached hydrogen (secondary N) is 1. The minimum Gasteiger partial charge on any atom is -0.493 e. The van der Waals surface area contributed by atoms with Crippen LogP contribution in [0.2, 0.25) is 0 Å². The first-order valence-corrected chi connectivity index (χ1v) is 9.13. The molecule has 0 aliphatic heterocycles. The number of aliphatic imine (C=N–C) groups is 1. The molecule has 9 nitrogen and oxygen atoms in total. The molecular weight excluding hydrogens is 386 g/mol. The Hall–Kier alpha value is -4.14. The molecule has 0 bridgehead atoms. The van der Waals surface area contributed by atoms with Gasteiger partial charge in [-0.25, -0.2) is 14.2 Å². The minimum atomic E-state index is -0.751. The second-order valence-electron chi connectivity index (χ2n) is 6.95. The number of benzene rings is 2. The number of aryl methyl sites for hydroxylation is 3. The third-order valence-electron chi connectivity index (χ3n) is 5.08. The van der Waals surface area contributed by atoms with Crippen molar-refractivity contribution in [2.24, 2.45) is 19.1 Å². The van der Waals surface area contributed by atoms with Gasteiger partial charge in [0.2, 0.25) is 5.88 Å². The van der Waals surface area contributed by atoms with Crippen LogP contribution in [-0.4, -0.2) is 30.0 Å². The van der Waals surface area contributed by atoms with Crippen molar-refractivity contribution >= 4 is 22.9 Å². The number of hydrogen-bond donors (Lipinski definition) is 2. The highest BCUT2D eigenvalue weighted by atomic mass is 16.3. The van der Waals surface area contributed by atoms with Crippen LogP contribution in [0.1, 0.15) is 11.1 Å². The maximum Gasteiger partial charge on any atom is 0.335 e. The summed E-state index contributed by atoms with van der Waals surface area (Å²) in [7, 11) is 3.34. The molecule has 0 fully saturated rings. The fraction of sp³-hybridized carbons (Fsp3) is 0.143. The van der Waals surface area contributed by atoms with Crippen molar-refractivity contribution in [1.82, 2.24) is 18.7 Å². The first-order valence-electron chi connectivity index (χ1n) is 9.13. The van der Waals surface area contributed by atoms with Crippen LogP contribution < -0.4 is 16.9 Å². The highest BCUT2D eigenvalue weighted by Gasteiger charge is 2.15. The van der Waals surface area contributed by atoms with E-state index in [0.717, 1.165) is 15.6 Å². The molecule has 0 unspecified atom stereocenters. The molecule has 0 saturated carbocycles. The van der Waals surface area contributed by atoms with Gasteiger partial charge in [-0.3, -0.25) is 23.9 Å². The Balaban J connectivity index is 1.84. The number of aromatic nitrogens is 4. The lowest BCUT2D eigenvalue weighted by Crippen LogP contribution is -2.31. The zero-order chi connectivity index (χ0) is 21.6. The van der Waals surface area contributed by atoms with Crippen LogP contribution in [0.3, 0.4) is 0 Å². The molecule has 0 saturated heterocycles. The molecular formula is C21H19N5O4. The zero-order valence-corrected chi connectivity index (χ0v) is 16.6. The van der Waals surface area contributed by atoms with Gasteiger partial charge in [0.05, 0.1) is 22.4 Å². The molecule has 4 aromatic rings. The molecule has 0 amide bonds. The average molecular weight is 405 g/mol. The number of para-hydroxylation sites is 1. The molecule has 4 rings (SSSR count). The second kappa shape index (κ2) is 7.03. The summed E-state index contributed by atoms with van der Waals surface area (Å²) in [6, 6.07) is 12.1. The normalized spacial score (nSPS) is 11.6. The van der Waals surface area contributed by atoms with Crippen molar-refractivity contribution in [2.45, 2.75) is 6.92 Å². The standard InChI is InChI=1S/C21H19N5O4/c1-12-6-4-5-7-15(12)26-19(28)14(18(27)23-20(26)29)11-22-13-8-9-16-17(10-13)25(3)21(30)24(16)2/h4-11,28H,1-3H3,(H,23,27,29). The average Bonchev–Trinajstić information content (AvgIpc) is 2.93. The molecule has 152 valence electrons. The van der Waals surface area contributed by atoms with Gasteiger partial charge in [0.15, 0.2) is 0 Å². The molecule has 9 heteroatoms. The lowest BCUT2D eigenvalue weighted by molar-refractivity contribution is 0.430. The quantitative estimate of drug-likeness (QED) is 0.503. The van der Waals surface area contributed by atoms with E-state index < -0.39 is 17.1 Å².